The van der Waals surface area contributed by atoms with E-state index in [1.807, 2.05) is 31.2 Å². The first-order valence-electron chi connectivity index (χ1n) is 7.78. The summed E-state index contributed by atoms with van der Waals surface area (Å²) >= 11 is 0. The molecule has 1 unspecified atom stereocenters. The van der Waals surface area contributed by atoms with Crippen LogP contribution in [-0.2, 0) is 0 Å². The number of carbonyl (C=O) groups is 1. The Bertz CT molecular complexity index is 486. The third-order valence-corrected chi connectivity index (χ3v) is 4.67. The molecule has 0 N–H and O–H groups in total. The smallest absolute Gasteiger partial charge is 0.164 e. The average molecular weight is 272 g/mol. The summed E-state index contributed by atoms with van der Waals surface area (Å²) in [5.41, 5.74) is 2.03. The van der Waals surface area contributed by atoms with Gasteiger partial charge in [0.05, 0.1) is 0 Å². The lowest BCUT2D eigenvalue weighted by Crippen LogP contribution is -2.50. The normalized spacial score (nSPS) is 23.8. The maximum Gasteiger partial charge on any atom is 0.164 e. The van der Waals surface area contributed by atoms with E-state index in [1.165, 1.54) is 25.9 Å². The van der Waals surface area contributed by atoms with Gasteiger partial charge in [-0.05, 0) is 32.4 Å². The largest absolute Gasteiger partial charge is 0.300 e. The third-order valence-electron chi connectivity index (χ3n) is 4.67. The fourth-order valence-corrected chi connectivity index (χ4v) is 3.48. The molecule has 108 valence electrons. The topological polar surface area (TPSA) is 23.6 Å². The first-order chi connectivity index (χ1) is 9.72. The van der Waals surface area contributed by atoms with Gasteiger partial charge in [0, 0.05) is 44.2 Å². The van der Waals surface area contributed by atoms with E-state index in [1.54, 1.807) is 0 Å². The number of nitrogens with zero attached hydrogens (tertiary/aromatic N) is 2. The zero-order valence-corrected chi connectivity index (χ0v) is 12.3. The summed E-state index contributed by atoms with van der Waals surface area (Å²) in [5.74, 6) is 0.280. The third kappa shape index (κ3) is 3.10. The average Bonchev–Trinajstić information content (AvgIpc) is 2.92. The number of benzene rings is 1. The van der Waals surface area contributed by atoms with Crippen molar-refractivity contribution in [2.45, 2.75) is 32.2 Å². The summed E-state index contributed by atoms with van der Waals surface area (Å²) < 4.78 is 0. The Kier molecular flexibility index (Phi) is 4.18. The van der Waals surface area contributed by atoms with Crippen LogP contribution < -0.4 is 0 Å². The predicted octanol–water partition coefficient (Wildman–Crippen LogP) is 2.35. The summed E-state index contributed by atoms with van der Waals surface area (Å²) in [6.45, 7) is 7.69. The molecule has 0 bridgehead atoms. The van der Waals surface area contributed by atoms with Crippen molar-refractivity contribution in [2.75, 3.05) is 32.7 Å². The summed E-state index contributed by atoms with van der Waals surface area (Å²) in [6, 6.07) is 8.69. The van der Waals surface area contributed by atoms with Crippen LogP contribution in [0.4, 0.5) is 0 Å². The van der Waals surface area contributed by atoms with E-state index in [4.69, 9.17) is 0 Å². The fraction of sp³-hybridized carbons (Fsp3) is 0.588. The monoisotopic (exact) mass is 272 g/mol. The molecule has 0 amide bonds. The molecule has 2 aliphatic rings. The van der Waals surface area contributed by atoms with E-state index < -0.39 is 0 Å². The number of ketones is 1. The summed E-state index contributed by atoms with van der Waals surface area (Å²) in [7, 11) is 0. The van der Waals surface area contributed by atoms with Gasteiger partial charge in [-0.15, -0.1) is 0 Å². The summed E-state index contributed by atoms with van der Waals surface area (Å²) in [4.78, 5) is 17.3. The van der Waals surface area contributed by atoms with E-state index in [0.717, 1.165) is 36.8 Å². The Balaban J connectivity index is 1.51. The van der Waals surface area contributed by atoms with Crippen molar-refractivity contribution in [2.24, 2.45) is 0 Å². The van der Waals surface area contributed by atoms with Crippen LogP contribution in [0, 0.1) is 6.92 Å². The number of hydrogen-bond donors (Lipinski definition) is 0. The van der Waals surface area contributed by atoms with Crippen LogP contribution in [0.25, 0.3) is 0 Å². The van der Waals surface area contributed by atoms with Gasteiger partial charge in [0.25, 0.3) is 0 Å². The van der Waals surface area contributed by atoms with Gasteiger partial charge in [0.1, 0.15) is 0 Å². The highest BCUT2D eigenvalue weighted by molar-refractivity contribution is 5.96. The minimum absolute atomic E-state index is 0.280. The van der Waals surface area contributed by atoms with Crippen LogP contribution in [0.3, 0.4) is 0 Å². The standard InChI is InChI=1S/C17H24N2O/c1-14-4-2-5-15(12-14)17(20)7-9-18-10-11-19-8-3-6-16(19)13-18/h2,4-5,12,16H,3,6-11,13H2,1H3. The lowest BCUT2D eigenvalue weighted by molar-refractivity contribution is 0.0871. The first kappa shape index (κ1) is 13.8. The van der Waals surface area contributed by atoms with Crippen molar-refractivity contribution in [1.29, 1.82) is 0 Å². The van der Waals surface area contributed by atoms with Crippen molar-refractivity contribution < 1.29 is 4.79 Å². The van der Waals surface area contributed by atoms with Crippen LogP contribution >= 0.6 is 0 Å². The van der Waals surface area contributed by atoms with Crippen molar-refractivity contribution in [3.8, 4) is 0 Å². The van der Waals surface area contributed by atoms with E-state index in [0.29, 0.717) is 6.42 Å². The van der Waals surface area contributed by atoms with Gasteiger partial charge >= 0.3 is 0 Å². The second kappa shape index (κ2) is 6.06. The first-order valence-corrected chi connectivity index (χ1v) is 7.78. The van der Waals surface area contributed by atoms with Crippen molar-refractivity contribution >= 4 is 5.78 Å². The predicted molar refractivity (Wildman–Crippen MR) is 81.2 cm³/mol. The molecule has 3 nitrogen and oxygen atoms in total. The molecular weight excluding hydrogens is 248 g/mol. The molecule has 0 aromatic heterocycles. The zero-order valence-electron chi connectivity index (χ0n) is 12.3. The van der Waals surface area contributed by atoms with E-state index in [-0.39, 0.29) is 5.78 Å². The molecule has 1 atom stereocenters. The van der Waals surface area contributed by atoms with Gasteiger partial charge in [-0.25, -0.2) is 0 Å². The Morgan fingerprint density at radius 2 is 2.20 bits per heavy atom. The van der Waals surface area contributed by atoms with Crippen molar-refractivity contribution in [3.05, 3.63) is 35.4 Å². The Hall–Kier alpha value is -1.19. The van der Waals surface area contributed by atoms with Crippen molar-refractivity contribution in [3.63, 3.8) is 0 Å². The molecule has 2 heterocycles. The van der Waals surface area contributed by atoms with Gasteiger partial charge in [0.2, 0.25) is 0 Å². The molecule has 3 rings (SSSR count). The molecule has 2 saturated heterocycles. The van der Waals surface area contributed by atoms with Gasteiger partial charge < -0.3 is 4.90 Å². The number of hydrogen-bond acceptors (Lipinski definition) is 3. The highest BCUT2D eigenvalue weighted by Gasteiger charge is 2.30. The summed E-state index contributed by atoms with van der Waals surface area (Å²) in [6.07, 6.45) is 3.33. The number of fused-ring (bicyclic) bond motifs is 1. The minimum Gasteiger partial charge on any atom is -0.300 e. The number of rotatable bonds is 4. The fourth-order valence-electron chi connectivity index (χ4n) is 3.48. The number of piperazine rings is 1. The Morgan fingerprint density at radius 3 is 3.05 bits per heavy atom. The zero-order chi connectivity index (χ0) is 13.9. The van der Waals surface area contributed by atoms with Crippen LogP contribution in [0.1, 0.15) is 35.2 Å². The molecule has 3 heteroatoms. The SMILES string of the molecule is Cc1cccc(C(=O)CCN2CCN3CCCC3C2)c1. The second-order valence-electron chi connectivity index (χ2n) is 6.18. The van der Waals surface area contributed by atoms with E-state index >= 15 is 0 Å². The lowest BCUT2D eigenvalue weighted by Gasteiger charge is -2.37. The minimum atomic E-state index is 0.280. The molecule has 0 spiro atoms. The van der Waals surface area contributed by atoms with Crippen LogP contribution in [0.15, 0.2) is 24.3 Å². The van der Waals surface area contributed by atoms with Gasteiger partial charge in [0.15, 0.2) is 5.78 Å². The second-order valence-corrected chi connectivity index (χ2v) is 6.18. The van der Waals surface area contributed by atoms with Gasteiger partial charge in [-0.3, -0.25) is 9.69 Å². The van der Waals surface area contributed by atoms with Gasteiger partial charge in [-0.2, -0.15) is 0 Å². The highest BCUT2D eigenvalue weighted by atomic mass is 16.1. The van der Waals surface area contributed by atoms with E-state index in [2.05, 4.69) is 9.80 Å². The Morgan fingerprint density at radius 1 is 1.30 bits per heavy atom. The number of carbonyl (C=O) groups excluding carboxylic acids is 1. The molecule has 2 aliphatic heterocycles. The molecule has 1 aromatic rings. The van der Waals surface area contributed by atoms with Crippen LogP contribution in [0.2, 0.25) is 0 Å². The molecule has 0 aliphatic carbocycles. The van der Waals surface area contributed by atoms with Crippen LogP contribution in [-0.4, -0.2) is 54.3 Å². The maximum atomic E-state index is 12.2. The van der Waals surface area contributed by atoms with Gasteiger partial charge in [-0.1, -0.05) is 23.8 Å². The molecule has 1 aromatic carbocycles. The Labute approximate surface area is 121 Å². The van der Waals surface area contributed by atoms with Crippen LogP contribution in [0.5, 0.6) is 0 Å². The molecule has 2 fully saturated rings. The lowest BCUT2D eigenvalue weighted by atomic mass is 10.1. The maximum absolute atomic E-state index is 12.2. The molecule has 0 saturated carbocycles. The number of Topliss-reactive ketones (excluding diaryl/α,β-unsaturated/α-hetero) is 1. The molecule has 20 heavy (non-hydrogen) atoms. The van der Waals surface area contributed by atoms with Crippen molar-refractivity contribution in [1.82, 2.24) is 9.80 Å². The molecule has 0 radical (unpaired) electrons. The summed E-state index contributed by atoms with van der Waals surface area (Å²) in [5, 5.41) is 0. The quantitative estimate of drug-likeness (QED) is 0.786. The van der Waals surface area contributed by atoms with E-state index in [9.17, 15) is 4.79 Å². The highest BCUT2D eigenvalue weighted by Crippen LogP contribution is 2.21. The molecular formula is C17H24N2O. The number of aryl methyl sites for hydroxylation is 1.